The topological polar surface area (TPSA) is 32.8 Å². The molecule has 22 heavy (non-hydrogen) atoms. The fraction of sp³-hybridized carbons (Fsp3) is 0.500. The van der Waals surface area contributed by atoms with Crippen molar-refractivity contribution in [3.05, 3.63) is 41.6 Å². The van der Waals surface area contributed by atoms with E-state index in [1.807, 2.05) is 25.7 Å². The fourth-order valence-electron chi connectivity index (χ4n) is 3.10. The van der Waals surface area contributed by atoms with E-state index in [0.29, 0.717) is 0 Å². The average Bonchev–Trinajstić information content (AvgIpc) is 2.94. The van der Waals surface area contributed by atoms with Crippen LogP contribution in [-0.2, 0) is 11.3 Å². The highest BCUT2D eigenvalue weighted by atomic mass is 16.6. The van der Waals surface area contributed by atoms with E-state index in [9.17, 15) is 4.79 Å². The number of carbonyl (C=O) groups excluding carboxylic acids is 1. The van der Waals surface area contributed by atoms with Crippen molar-refractivity contribution in [2.45, 2.75) is 51.9 Å². The summed E-state index contributed by atoms with van der Waals surface area (Å²) >= 11 is 0. The number of amides is 1. The maximum Gasteiger partial charge on any atom is 0.411 e. The maximum atomic E-state index is 12.4. The largest absolute Gasteiger partial charge is 0.444 e. The van der Waals surface area contributed by atoms with Gasteiger partial charge in [-0.3, -0.25) is 4.90 Å². The van der Waals surface area contributed by atoms with Gasteiger partial charge in [0.25, 0.3) is 0 Å². The van der Waals surface area contributed by atoms with E-state index in [2.05, 4.69) is 41.4 Å². The Hall–Kier alpha value is -1.97. The van der Waals surface area contributed by atoms with Crippen LogP contribution in [-0.4, -0.2) is 34.2 Å². The van der Waals surface area contributed by atoms with Gasteiger partial charge in [-0.2, -0.15) is 0 Å². The normalized spacial score (nSPS) is 21.0. The highest BCUT2D eigenvalue weighted by Gasteiger charge is 2.35. The molecule has 2 aliphatic rings. The number of carbonyl (C=O) groups is 1. The third kappa shape index (κ3) is 3.11. The molecular formula is C18H24N2O2. The number of benzene rings is 1. The first-order valence-corrected chi connectivity index (χ1v) is 7.95. The molecule has 4 nitrogen and oxygen atoms in total. The summed E-state index contributed by atoms with van der Waals surface area (Å²) in [6.45, 7) is 7.34. The summed E-state index contributed by atoms with van der Waals surface area (Å²) in [7, 11) is 0. The first kappa shape index (κ1) is 14.9. The molecule has 1 fully saturated rings. The molecular weight excluding hydrogens is 276 g/mol. The zero-order valence-electron chi connectivity index (χ0n) is 13.6. The van der Waals surface area contributed by atoms with E-state index < -0.39 is 5.60 Å². The van der Waals surface area contributed by atoms with Crippen molar-refractivity contribution < 1.29 is 9.53 Å². The molecule has 2 heterocycles. The van der Waals surface area contributed by atoms with Crippen LogP contribution in [0.1, 0.15) is 44.7 Å². The van der Waals surface area contributed by atoms with Crippen molar-refractivity contribution >= 4 is 12.2 Å². The zero-order chi connectivity index (χ0) is 15.7. The molecule has 1 amide bonds. The SMILES string of the molecule is CC(C)(C)OC(=O)N1CCCC1N1C=Cc2ccccc2C1. The predicted molar refractivity (Wildman–Crippen MR) is 87.0 cm³/mol. The van der Waals surface area contributed by atoms with Crippen LogP contribution in [0.2, 0.25) is 0 Å². The van der Waals surface area contributed by atoms with Crippen LogP contribution in [0.15, 0.2) is 30.5 Å². The lowest BCUT2D eigenvalue weighted by molar-refractivity contribution is 0.00712. The summed E-state index contributed by atoms with van der Waals surface area (Å²) in [5, 5.41) is 0. The van der Waals surface area contributed by atoms with Crippen LogP contribution in [0.3, 0.4) is 0 Å². The third-order valence-electron chi connectivity index (χ3n) is 4.09. The lowest BCUT2D eigenvalue weighted by Gasteiger charge is -2.37. The van der Waals surface area contributed by atoms with E-state index in [0.717, 1.165) is 25.9 Å². The van der Waals surface area contributed by atoms with Crippen molar-refractivity contribution in [2.24, 2.45) is 0 Å². The van der Waals surface area contributed by atoms with Gasteiger partial charge in [0.2, 0.25) is 0 Å². The Bertz CT molecular complexity index is 589. The lowest BCUT2D eigenvalue weighted by Crippen LogP contribution is -2.47. The van der Waals surface area contributed by atoms with E-state index in [1.165, 1.54) is 11.1 Å². The summed E-state index contributed by atoms with van der Waals surface area (Å²) in [5.74, 6) is 0. The Kier molecular flexibility index (Phi) is 3.85. The zero-order valence-corrected chi connectivity index (χ0v) is 13.6. The second-order valence-corrected chi connectivity index (χ2v) is 6.98. The third-order valence-corrected chi connectivity index (χ3v) is 4.09. The lowest BCUT2D eigenvalue weighted by atomic mass is 10.0. The monoisotopic (exact) mass is 300 g/mol. The molecule has 1 saturated heterocycles. The van der Waals surface area contributed by atoms with E-state index in [4.69, 9.17) is 4.74 Å². The smallest absolute Gasteiger partial charge is 0.411 e. The minimum absolute atomic E-state index is 0.0967. The summed E-state index contributed by atoms with van der Waals surface area (Å²) in [5.41, 5.74) is 2.12. The number of hydrogen-bond donors (Lipinski definition) is 0. The number of rotatable bonds is 1. The van der Waals surface area contributed by atoms with Gasteiger partial charge < -0.3 is 9.64 Å². The van der Waals surface area contributed by atoms with Crippen molar-refractivity contribution in [2.75, 3.05) is 6.54 Å². The summed E-state index contributed by atoms with van der Waals surface area (Å²) in [4.78, 5) is 16.5. The molecule has 0 radical (unpaired) electrons. The first-order chi connectivity index (χ1) is 10.4. The molecule has 1 aromatic rings. The van der Waals surface area contributed by atoms with Crippen LogP contribution >= 0.6 is 0 Å². The highest BCUT2D eigenvalue weighted by Crippen LogP contribution is 2.28. The number of ether oxygens (including phenoxy) is 1. The Balaban J connectivity index is 1.73. The van der Waals surface area contributed by atoms with Gasteiger partial charge in [0.15, 0.2) is 0 Å². The molecule has 0 aromatic heterocycles. The molecule has 0 N–H and O–H groups in total. The molecule has 0 bridgehead atoms. The number of nitrogens with zero attached hydrogens (tertiary/aromatic N) is 2. The van der Waals surface area contributed by atoms with Crippen molar-refractivity contribution in [3.63, 3.8) is 0 Å². The molecule has 4 heteroatoms. The quantitative estimate of drug-likeness (QED) is 0.790. The summed E-state index contributed by atoms with van der Waals surface area (Å²) < 4.78 is 5.55. The van der Waals surface area contributed by atoms with Gasteiger partial charge in [-0.05, 0) is 50.8 Å². The Labute approximate surface area is 132 Å². The van der Waals surface area contributed by atoms with Crippen molar-refractivity contribution in [1.82, 2.24) is 9.80 Å². The van der Waals surface area contributed by atoms with Crippen LogP contribution in [0, 0.1) is 0 Å². The Morgan fingerprint density at radius 1 is 1.27 bits per heavy atom. The van der Waals surface area contributed by atoms with Crippen molar-refractivity contribution in [1.29, 1.82) is 0 Å². The number of fused-ring (bicyclic) bond motifs is 1. The fourth-order valence-corrected chi connectivity index (χ4v) is 3.10. The van der Waals surface area contributed by atoms with Gasteiger partial charge >= 0.3 is 6.09 Å². The molecule has 1 atom stereocenters. The van der Waals surface area contributed by atoms with Crippen LogP contribution in [0.25, 0.3) is 6.08 Å². The Morgan fingerprint density at radius 3 is 2.82 bits per heavy atom. The highest BCUT2D eigenvalue weighted by molar-refractivity contribution is 5.69. The predicted octanol–water partition coefficient (Wildman–Crippen LogP) is 3.83. The van der Waals surface area contributed by atoms with Gasteiger partial charge in [-0.25, -0.2) is 4.79 Å². The summed E-state index contributed by atoms with van der Waals surface area (Å²) in [6.07, 6.45) is 6.14. The number of hydrogen-bond acceptors (Lipinski definition) is 3. The van der Waals surface area contributed by atoms with E-state index in [1.54, 1.807) is 0 Å². The van der Waals surface area contributed by atoms with E-state index >= 15 is 0 Å². The second kappa shape index (κ2) is 5.67. The van der Waals surface area contributed by atoms with E-state index in [-0.39, 0.29) is 12.3 Å². The summed E-state index contributed by atoms with van der Waals surface area (Å²) in [6, 6.07) is 8.40. The standard InChI is InChI=1S/C18H24N2O2/c1-18(2,3)22-17(21)20-11-6-9-16(20)19-12-10-14-7-4-5-8-15(14)13-19/h4-5,7-8,10,12,16H,6,9,11,13H2,1-3H3. The van der Waals surface area contributed by atoms with Crippen LogP contribution < -0.4 is 0 Å². The van der Waals surface area contributed by atoms with Gasteiger partial charge in [-0.15, -0.1) is 0 Å². The van der Waals surface area contributed by atoms with Crippen LogP contribution in [0.5, 0.6) is 0 Å². The first-order valence-electron chi connectivity index (χ1n) is 7.95. The molecule has 2 aliphatic heterocycles. The van der Waals surface area contributed by atoms with Crippen LogP contribution in [0.4, 0.5) is 4.79 Å². The van der Waals surface area contributed by atoms with Crippen molar-refractivity contribution in [3.8, 4) is 0 Å². The second-order valence-electron chi connectivity index (χ2n) is 6.98. The Morgan fingerprint density at radius 2 is 2.05 bits per heavy atom. The minimum atomic E-state index is -0.450. The molecule has 0 aliphatic carbocycles. The molecule has 118 valence electrons. The maximum absolute atomic E-state index is 12.4. The van der Waals surface area contributed by atoms with Gasteiger partial charge in [0, 0.05) is 19.3 Å². The molecule has 1 aromatic carbocycles. The average molecular weight is 300 g/mol. The number of likely N-dealkylation sites (tertiary alicyclic amines) is 1. The van der Waals surface area contributed by atoms with Gasteiger partial charge in [0.05, 0.1) is 0 Å². The minimum Gasteiger partial charge on any atom is -0.444 e. The molecule has 1 unspecified atom stereocenters. The molecule has 0 spiro atoms. The molecule has 3 rings (SSSR count). The van der Waals surface area contributed by atoms with Gasteiger partial charge in [0.1, 0.15) is 11.8 Å². The molecule has 0 saturated carbocycles. The van der Waals surface area contributed by atoms with Gasteiger partial charge in [-0.1, -0.05) is 24.3 Å².